The third-order valence-electron chi connectivity index (χ3n) is 8.68. The van der Waals surface area contributed by atoms with E-state index in [9.17, 15) is 4.79 Å². The smallest absolute Gasteiger partial charge is 0.155 e. The van der Waals surface area contributed by atoms with Crippen molar-refractivity contribution in [1.82, 2.24) is 14.5 Å². The molecule has 0 atom stereocenters. The van der Waals surface area contributed by atoms with Crippen LogP contribution >= 0.6 is 11.3 Å². The van der Waals surface area contributed by atoms with Gasteiger partial charge in [0.15, 0.2) is 5.78 Å². The van der Waals surface area contributed by atoms with Gasteiger partial charge in [-0.15, -0.1) is 5.39 Å². The van der Waals surface area contributed by atoms with Gasteiger partial charge >= 0.3 is 0 Å². The number of carbonyl (C=O) groups is 1. The van der Waals surface area contributed by atoms with Gasteiger partial charge in [-0.05, 0) is 102 Å². The molecule has 7 aromatic rings. The molecule has 0 aliphatic heterocycles. The van der Waals surface area contributed by atoms with Crippen LogP contribution in [0.2, 0.25) is 0 Å². The number of imidazole rings is 1. The quantitative estimate of drug-likeness (QED) is 0.0984. The summed E-state index contributed by atoms with van der Waals surface area (Å²) in [6.45, 7) is 14.1. The van der Waals surface area contributed by atoms with E-state index in [1.165, 1.54) is 69.1 Å². The summed E-state index contributed by atoms with van der Waals surface area (Å²) in [5, 5.41) is 13.2. The summed E-state index contributed by atoms with van der Waals surface area (Å²) in [6, 6.07) is 34.9. The molecule has 261 valence electrons. The summed E-state index contributed by atoms with van der Waals surface area (Å²) in [4.78, 5) is 19.7. The fourth-order valence-corrected chi connectivity index (χ4v) is 7.20. The zero-order valence-corrected chi connectivity index (χ0v) is 33.2. The molecule has 0 saturated heterocycles. The van der Waals surface area contributed by atoms with Crippen molar-refractivity contribution in [3.63, 3.8) is 0 Å². The van der Waals surface area contributed by atoms with Gasteiger partial charge in [0.05, 0.1) is 22.6 Å². The molecule has 0 aliphatic rings. The van der Waals surface area contributed by atoms with Gasteiger partial charge in [-0.1, -0.05) is 104 Å². The molecule has 5 nitrogen and oxygen atoms in total. The van der Waals surface area contributed by atoms with Crippen molar-refractivity contribution in [3.8, 4) is 39.3 Å². The van der Waals surface area contributed by atoms with Gasteiger partial charge in [-0.25, -0.2) is 0 Å². The number of thiophene rings is 1. The Labute approximate surface area is 318 Å². The number of nitrogens with zero attached hydrogens (tertiary/aromatic N) is 3. The van der Waals surface area contributed by atoms with Crippen LogP contribution < -0.4 is 0 Å². The molecule has 4 aromatic carbocycles. The number of allylic oxidation sites excluding steroid dienone is 2. The summed E-state index contributed by atoms with van der Waals surface area (Å²) < 4.78 is 3.62. The average molecular weight is 869 g/mol. The van der Waals surface area contributed by atoms with Gasteiger partial charge in [-0.3, -0.25) is 26.1 Å². The second-order valence-corrected chi connectivity index (χ2v) is 14.2. The number of aliphatic hydroxyl groups is 1. The number of para-hydroxylation sites is 2. The van der Waals surface area contributed by atoms with Crippen LogP contribution in [0.15, 0.2) is 115 Å². The van der Waals surface area contributed by atoms with E-state index in [0.29, 0.717) is 11.8 Å². The second-order valence-electron chi connectivity index (χ2n) is 13.3. The number of benzene rings is 4. The topological polar surface area (TPSA) is 68.0 Å². The Hall–Kier alpha value is -4.68. The van der Waals surface area contributed by atoms with E-state index in [1.807, 2.05) is 13.1 Å². The Kier molecular flexibility index (Phi) is 11.9. The summed E-state index contributed by atoms with van der Waals surface area (Å²) in [7, 11) is 0. The fourth-order valence-electron chi connectivity index (χ4n) is 6.38. The predicted octanol–water partition coefficient (Wildman–Crippen LogP) is 12.0. The van der Waals surface area contributed by atoms with Gasteiger partial charge in [0.25, 0.3) is 0 Å². The van der Waals surface area contributed by atoms with Crippen LogP contribution in [-0.4, -0.2) is 25.4 Å². The van der Waals surface area contributed by atoms with Gasteiger partial charge in [0.1, 0.15) is 0 Å². The SMILES string of the molecule is CC(=O)/C=C(/C)O.Cc1cc(-c2ccc3s[c-]c(-c4nc5ccccc5n4-c4c(C(C)C)cc(-c5ccccc5)cc4C(C)C)c3c2)ccn1.[Ir]. The van der Waals surface area contributed by atoms with Crippen LogP contribution in [0.1, 0.15) is 70.2 Å². The number of pyridine rings is 1. The third-order valence-corrected chi connectivity index (χ3v) is 9.56. The standard InChI is InChI=1S/C39H34N3S.C5H8O2.Ir/c1-24(2)31-21-30(27-11-7-6-8-12-27)22-32(25(3)4)38(31)42-36-14-10-9-13-35(36)41-39(42)34-23-43-37-16-15-28(20-33(34)37)29-17-18-40-26(5)19-29;1-4(6)3-5(2)7;/h6-22,24-25H,1-5H3;3,6H,1-2H3;/q-1;;/b;4-3-;. The van der Waals surface area contributed by atoms with Crippen molar-refractivity contribution in [2.45, 2.75) is 60.3 Å². The first-order valence-electron chi connectivity index (χ1n) is 17.0. The van der Waals surface area contributed by atoms with Crippen LogP contribution in [0, 0.1) is 12.3 Å². The van der Waals surface area contributed by atoms with Crippen molar-refractivity contribution in [3.05, 3.63) is 137 Å². The first-order valence-corrected chi connectivity index (χ1v) is 17.8. The van der Waals surface area contributed by atoms with Crippen molar-refractivity contribution in [2.24, 2.45) is 0 Å². The molecule has 0 aliphatic carbocycles. The van der Waals surface area contributed by atoms with E-state index < -0.39 is 0 Å². The van der Waals surface area contributed by atoms with Crippen LogP contribution in [0.25, 0.3) is 60.4 Å². The monoisotopic (exact) mass is 869 g/mol. The number of hydrogen-bond donors (Lipinski definition) is 1. The molecular weight excluding hydrogens is 827 g/mol. The number of rotatable bonds is 7. The maximum absolute atomic E-state index is 10.0. The molecule has 7 heteroatoms. The van der Waals surface area contributed by atoms with Crippen molar-refractivity contribution in [2.75, 3.05) is 0 Å². The van der Waals surface area contributed by atoms with E-state index in [4.69, 9.17) is 10.1 Å². The summed E-state index contributed by atoms with van der Waals surface area (Å²) in [6.07, 6.45) is 3.05. The number of ketones is 1. The Morgan fingerprint density at radius 1 is 0.804 bits per heavy atom. The molecule has 0 fully saturated rings. The van der Waals surface area contributed by atoms with Gasteiger partial charge in [-0.2, -0.15) is 0 Å². The molecule has 0 bridgehead atoms. The minimum absolute atomic E-state index is 0. The largest absolute Gasteiger partial charge is 0.512 e. The maximum atomic E-state index is 10.0. The van der Waals surface area contributed by atoms with Gasteiger partial charge in [0, 0.05) is 43.8 Å². The minimum atomic E-state index is -0.125. The number of carbonyl (C=O) groups excluding carboxylic acids is 1. The normalized spacial score (nSPS) is 11.5. The summed E-state index contributed by atoms with van der Waals surface area (Å²) in [5.74, 6) is 1.50. The van der Waals surface area contributed by atoms with Gasteiger partial charge in [0.2, 0.25) is 0 Å². The summed E-state index contributed by atoms with van der Waals surface area (Å²) in [5.41, 5.74) is 12.9. The molecule has 1 N–H and O–H groups in total. The van der Waals surface area contributed by atoms with Crippen LogP contribution in [-0.2, 0) is 24.9 Å². The Morgan fingerprint density at radius 2 is 1.45 bits per heavy atom. The van der Waals surface area contributed by atoms with E-state index in [-0.39, 0.29) is 31.6 Å². The first kappa shape index (κ1) is 37.6. The van der Waals surface area contributed by atoms with Crippen LogP contribution in [0.3, 0.4) is 0 Å². The number of hydrogen-bond acceptors (Lipinski definition) is 5. The molecule has 0 spiro atoms. The Balaban J connectivity index is 0.000000574. The molecular formula is C44H42IrN3O2S-. The van der Waals surface area contributed by atoms with Gasteiger partial charge < -0.3 is 9.67 Å². The number of aliphatic hydroxyl groups excluding tert-OH is 1. The van der Waals surface area contributed by atoms with Crippen LogP contribution in [0.4, 0.5) is 0 Å². The van der Waals surface area contributed by atoms with E-state index in [2.05, 4.69) is 140 Å². The third kappa shape index (κ3) is 8.12. The Morgan fingerprint density at radius 3 is 2.06 bits per heavy atom. The van der Waals surface area contributed by atoms with E-state index >= 15 is 0 Å². The maximum Gasteiger partial charge on any atom is 0.155 e. The molecule has 0 saturated carbocycles. The zero-order chi connectivity index (χ0) is 35.5. The minimum Gasteiger partial charge on any atom is -0.512 e. The molecule has 3 aromatic heterocycles. The second kappa shape index (κ2) is 16.1. The number of fused-ring (bicyclic) bond motifs is 2. The molecule has 3 heterocycles. The van der Waals surface area contributed by atoms with E-state index in [0.717, 1.165) is 28.1 Å². The molecule has 7 rings (SSSR count). The van der Waals surface area contributed by atoms with E-state index in [1.54, 1.807) is 11.3 Å². The molecule has 51 heavy (non-hydrogen) atoms. The summed E-state index contributed by atoms with van der Waals surface area (Å²) >= 11 is 1.66. The Bertz CT molecular complexity index is 2320. The first-order chi connectivity index (χ1) is 24.0. The van der Waals surface area contributed by atoms with Crippen molar-refractivity contribution >= 4 is 38.2 Å². The molecule has 0 amide bonds. The zero-order valence-electron chi connectivity index (χ0n) is 30.0. The number of aromatic nitrogens is 3. The average Bonchev–Trinajstić information content (AvgIpc) is 3.68. The van der Waals surface area contributed by atoms with Crippen molar-refractivity contribution < 1.29 is 30.0 Å². The number of aryl methyl sites for hydroxylation is 1. The fraction of sp³-hybridized carbons (Fsp3) is 0.205. The molecule has 1 radical (unpaired) electrons. The van der Waals surface area contributed by atoms with Crippen molar-refractivity contribution in [1.29, 1.82) is 0 Å². The molecule has 0 unspecified atom stereocenters. The van der Waals surface area contributed by atoms with Crippen LogP contribution in [0.5, 0.6) is 0 Å². The predicted molar refractivity (Wildman–Crippen MR) is 209 cm³/mol.